The van der Waals surface area contributed by atoms with Crippen LogP contribution in [0.3, 0.4) is 0 Å². The number of aromatic nitrogens is 2. The van der Waals surface area contributed by atoms with Gasteiger partial charge < -0.3 is 10.2 Å². The maximum absolute atomic E-state index is 12.8. The van der Waals surface area contributed by atoms with Gasteiger partial charge in [0.1, 0.15) is 0 Å². The molecule has 0 bridgehead atoms. The highest BCUT2D eigenvalue weighted by Gasteiger charge is 2.22. The zero-order chi connectivity index (χ0) is 20.1. The topological polar surface area (TPSA) is 79.6 Å². The highest BCUT2D eigenvalue weighted by Crippen LogP contribution is 2.14. The molecule has 0 saturated carbocycles. The van der Waals surface area contributed by atoms with Crippen LogP contribution in [0.1, 0.15) is 19.8 Å². The summed E-state index contributed by atoms with van der Waals surface area (Å²) in [5, 5.41) is 2.62. The van der Waals surface area contributed by atoms with Gasteiger partial charge in [0.2, 0.25) is 11.8 Å². The summed E-state index contributed by atoms with van der Waals surface area (Å²) in [7, 11) is 1.63. The Morgan fingerprint density at radius 1 is 1.00 bits per heavy atom. The lowest BCUT2D eigenvalue weighted by atomic mass is 10.2. The van der Waals surface area contributed by atoms with E-state index in [1.807, 2.05) is 41.0 Å². The van der Waals surface area contributed by atoms with Crippen molar-refractivity contribution in [3.63, 3.8) is 0 Å². The van der Waals surface area contributed by atoms with Gasteiger partial charge in [0.25, 0.3) is 0 Å². The summed E-state index contributed by atoms with van der Waals surface area (Å²) < 4.78 is 3.50. The van der Waals surface area contributed by atoms with Crippen molar-refractivity contribution in [1.29, 1.82) is 0 Å². The summed E-state index contributed by atoms with van der Waals surface area (Å²) >= 11 is 0. The van der Waals surface area contributed by atoms with Crippen LogP contribution < -0.4 is 11.0 Å². The van der Waals surface area contributed by atoms with Crippen molar-refractivity contribution in [2.75, 3.05) is 39.8 Å². The van der Waals surface area contributed by atoms with Crippen molar-refractivity contribution < 1.29 is 9.59 Å². The molecule has 2 amide bonds. The van der Waals surface area contributed by atoms with Crippen LogP contribution in [0.5, 0.6) is 0 Å². The number of hydrogen-bond donors (Lipinski definition) is 1. The molecular formula is C20H29N5O3. The molecule has 8 heteroatoms. The molecule has 1 aliphatic rings. The number of piperazine rings is 1. The lowest BCUT2D eigenvalue weighted by Gasteiger charge is -2.34. The van der Waals surface area contributed by atoms with Crippen molar-refractivity contribution in [2.24, 2.45) is 0 Å². The van der Waals surface area contributed by atoms with Gasteiger partial charge in [0, 0.05) is 52.7 Å². The van der Waals surface area contributed by atoms with E-state index in [0.717, 1.165) is 17.5 Å². The maximum atomic E-state index is 12.8. The monoisotopic (exact) mass is 387 g/mol. The van der Waals surface area contributed by atoms with E-state index in [0.29, 0.717) is 52.2 Å². The smallest absolute Gasteiger partial charge is 0.329 e. The van der Waals surface area contributed by atoms with E-state index >= 15 is 0 Å². The molecule has 152 valence electrons. The van der Waals surface area contributed by atoms with Gasteiger partial charge in [-0.3, -0.25) is 23.6 Å². The van der Waals surface area contributed by atoms with Crippen LogP contribution in [0.2, 0.25) is 0 Å². The number of amides is 2. The number of carbonyl (C=O) groups excluding carboxylic acids is 2. The third-order valence-electron chi connectivity index (χ3n) is 5.29. The lowest BCUT2D eigenvalue weighted by Crippen LogP contribution is -2.51. The SMILES string of the molecule is CCCn1c(=O)n(CCC(=O)N2CCN(CC(=O)NC)CC2)c2ccccc21. The largest absolute Gasteiger partial charge is 0.358 e. The third kappa shape index (κ3) is 4.27. The van der Waals surface area contributed by atoms with Gasteiger partial charge in [0.05, 0.1) is 17.6 Å². The zero-order valence-electron chi connectivity index (χ0n) is 16.7. The normalized spacial score (nSPS) is 15.1. The summed E-state index contributed by atoms with van der Waals surface area (Å²) in [6, 6.07) is 7.74. The molecule has 1 N–H and O–H groups in total. The molecule has 0 atom stereocenters. The molecule has 0 radical (unpaired) electrons. The van der Waals surface area contributed by atoms with Gasteiger partial charge in [-0.1, -0.05) is 19.1 Å². The van der Waals surface area contributed by atoms with Crippen molar-refractivity contribution in [3.8, 4) is 0 Å². The molecule has 3 rings (SSSR count). The third-order valence-corrected chi connectivity index (χ3v) is 5.29. The molecule has 2 aromatic rings. The molecular weight excluding hydrogens is 358 g/mol. The van der Waals surface area contributed by atoms with Gasteiger partial charge in [0.15, 0.2) is 0 Å². The Labute approximate surface area is 164 Å². The van der Waals surface area contributed by atoms with Crippen LogP contribution in [0.4, 0.5) is 0 Å². The minimum absolute atomic E-state index is 0.0115. The van der Waals surface area contributed by atoms with Gasteiger partial charge in [-0.25, -0.2) is 4.79 Å². The standard InChI is InChI=1S/C20H29N5O3/c1-3-9-24-16-6-4-5-7-17(16)25(20(24)28)10-8-19(27)23-13-11-22(12-14-23)15-18(26)21-2/h4-7H,3,8-15H2,1-2H3,(H,21,26). The van der Waals surface area contributed by atoms with E-state index < -0.39 is 0 Å². The van der Waals surface area contributed by atoms with Crippen LogP contribution in [0.25, 0.3) is 11.0 Å². The van der Waals surface area contributed by atoms with Crippen LogP contribution >= 0.6 is 0 Å². The Kier molecular flexibility index (Phi) is 6.51. The summed E-state index contributed by atoms with van der Waals surface area (Å²) in [6.07, 6.45) is 1.18. The van der Waals surface area contributed by atoms with Gasteiger partial charge in [-0.2, -0.15) is 0 Å². The average molecular weight is 387 g/mol. The number of nitrogens with one attached hydrogen (secondary N) is 1. The number of rotatable bonds is 7. The first-order chi connectivity index (χ1) is 13.5. The van der Waals surface area contributed by atoms with Crippen molar-refractivity contribution in [1.82, 2.24) is 24.3 Å². The second-order valence-corrected chi connectivity index (χ2v) is 7.15. The molecule has 28 heavy (non-hydrogen) atoms. The molecule has 0 spiro atoms. The van der Waals surface area contributed by atoms with Crippen molar-refractivity contribution in [2.45, 2.75) is 32.9 Å². The van der Waals surface area contributed by atoms with E-state index in [4.69, 9.17) is 0 Å². The number of imidazole rings is 1. The Bertz CT molecular complexity index is 893. The quantitative estimate of drug-likeness (QED) is 0.750. The van der Waals surface area contributed by atoms with E-state index in [9.17, 15) is 14.4 Å². The highest BCUT2D eigenvalue weighted by atomic mass is 16.2. The highest BCUT2D eigenvalue weighted by molar-refractivity contribution is 5.79. The van der Waals surface area contributed by atoms with Crippen LogP contribution in [0, 0.1) is 0 Å². The Morgan fingerprint density at radius 2 is 1.61 bits per heavy atom. The average Bonchev–Trinajstić information content (AvgIpc) is 2.98. The second kappa shape index (κ2) is 9.05. The molecule has 1 aliphatic heterocycles. The molecule has 8 nitrogen and oxygen atoms in total. The summed E-state index contributed by atoms with van der Waals surface area (Å²) in [6.45, 7) is 6.08. The number of benzene rings is 1. The predicted molar refractivity (Wildman–Crippen MR) is 108 cm³/mol. The fourth-order valence-corrected chi connectivity index (χ4v) is 3.73. The van der Waals surface area contributed by atoms with Crippen molar-refractivity contribution >= 4 is 22.8 Å². The lowest BCUT2D eigenvalue weighted by molar-refractivity contribution is -0.133. The first-order valence-corrected chi connectivity index (χ1v) is 9.94. The number of carbonyl (C=O) groups is 2. The van der Waals surface area contributed by atoms with E-state index in [1.54, 1.807) is 16.2 Å². The first kappa shape index (κ1) is 20.1. The molecule has 1 saturated heterocycles. The molecule has 0 aliphatic carbocycles. The van der Waals surface area contributed by atoms with E-state index in [2.05, 4.69) is 5.32 Å². The summed E-state index contributed by atoms with van der Waals surface area (Å²) in [4.78, 5) is 40.8. The molecule has 0 unspecified atom stereocenters. The fourth-order valence-electron chi connectivity index (χ4n) is 3.73. The number of para-hydroxylation sites is 2. The fraction of sp³-hybridized carbons (Fsp3) is 0.550. The molecule has 1 aromatic carbocycles. The van der Waals surface area contributed by atoms with Gasteiger partial charge in [-0.15, -0.1) is 0 Å². The summed E-state index contributed by atoms with van der Waals surface area (Å²) in [5.74, 6) is 0.0430. The number of aryl methyl sites for hydroxylation is 2. The molecule has 2 heterocycles. The molecule has 1 fully saturated rings. The van der Waals surface area contributed by atoms with Crippen LogP contribution in [-0.4, -0.2) is 70.5 Å². The Morgan fingerprint density at radius 3 is 2.18 bits per heavy atom. The maximum Gasteiger partial charge on any atom is 0.329 e. The van der Waals surface area contributed by atoms with Crippen LogP contribution in [-0.2, 0) is 22.7 Å². The van der Waals surface area contributed by atoms with Crippen LogP contribution in [0.15, 0.2) is 29.1 Å². The number of nitrogens with zero attached hydrogens (tertiary/aromatic N) is 4. The first-order valence-electron chi connectivity index (χ1n) is 9.94. The second-order valence-electron chi connectivity index (χ2n) is 7.15. The van der Waals surface area contributed by atoms with Crippen molar-refractivity contribution in [3.05, 3.63) is 34.7 Å². The Hall–Kier alpha value is -2.61. The minimum Gasteiger partial charge on any atom is -0.358 e. The predicted octanol–water partition coefficient (Wildman–Crippen LogP) is 0.493. The van der Waals surface area contributed by atoms with Gasteiger partial charge >= 0.3 is 5.69 Å². The number of fused-ring (bicyclic) bond motifs is 1. The number of likely N-dealkylation sites (N-methyl/N-ethyl adjacent to an activating group) is 1. The number of hydrogen-bond acceptors (Lipinski definition) is 4. The minimum atomic E-state index is -0.0498. The Balaban J connectivity index is 1.62. The zero-order valence-corrected chi connectivity index (χ0v) is 16.7. The van der Waals surface area contributed by atoms with E-state index in [-0.39, 0.29) is 17.5 Å². The van der Waals surface area contributed by atoms with E-state index in [1.165, 1.54) is 0 Å². The van der Waals surface area contributed by atoms with Gasteiger partial charge in [-0.05, 0) is 18.6 Å². The summed E-state index contributed by atoms with van der Waals surface area (Å²) in [5.41, 5.74) is 1.75. The molecule has 1 aromatic heterocycles.